The second-order valence-electron chi connectivity index (χ2n) is 3.40. The summed E-state index contributed by atoms with van der Waals surface area (Å²) in [6, 6.07) is 8.45. The maximum Gasteiger partial charge on any atom is 0.0678 e. The lowest BCUT2D eigenvalue weighted by molar-refractivity contribution is -0.162. The van der Waals surface area contributed by atoms with Crippen molar-refractivity contribution in [2.75, 3.05) is 25.2 Å². The molecule has 2 rings (SSSR count). The molecule has 3 heteroatoms. The standard InChI is InChI=1S/C11H16N2O/c1-3-14-13-9-8-10-6-4-5-7-11(10)12(13)2/h4-7H,3,8-9H2,1-2H3. The summed E-state index contributed by atoms with van der Waals surface area (Å²) in [5.74, 6) is 0. The lowest BCUT2D eigenvalue weighted by atomic mass is 10.1. The zero-order valence-electron chi connectivity index (χ0n) is 8.73. The Balaban J connectivity index is 2.22. The maximum atomic E-state index is 5.51. The molecule has 0 N–H and O–H groups in total. The van der Waals surface area contributed by atoms with E-state index in [1.54, 1.807) is 0 Å². The molecule has 1 heterocycles. The minimum Gasteiger partial charge on any atom is -0.286 e. The quantitative estimate of drug-likeness (QED) is 0.711. The molecule has 1 aliphatic heterocycles. The molecule has 1 aromatic rings. The van der Waals surface area contributed by atoms with Gasteiger partial charge in [-0.1, -0.05) is 23.4 Å². The van der Waals surface area contributed by atoms with Gasteiger partial charge < -0.3 is 0 Å². The van der Waals surface area contributed by atoms with Gasteiger partial charge in [-0.15, -0.1) is 0 Å². The SMILES string of the molecule is CCON1CCc2ccccc2N1C. The number of anilines is 1. The zero-order valence-corrected chi connectivity index (χ0v) is 8.73. The summed E-state index contributed by atoms with van der Waals surface area (Å²) in [4.78, 5) is 5.51. The molecule has 0 saturated carbocycles. The van der Waals surface area contributed by atoms with Crippen molar-refractivity contribution >= 4 is 5.69 Å². The highest BCUT2D eigenvalue weighted by molar-refractivity contribution is 5.53. The molecule has 0 aromatic heterocycles. The molecule has 0 spiro atoms. The van der Waals surface area contributed by atoms with Crippen molar-refractivity contribution in [3.8, 4) is 0 Å². The fraction of sp³-hybridized carbons (Fsp3) is 0.455. The highest BCUT2D eigenvalue weighted by Gasteiger charge is 2.20. The number of benzene rings is 1. The third kappa shape index (κ3) is 1.61. The van der Waals surface area contributed by atoms with Crippen LogP contribution in [0, 0.1) is 0 Å². The predicted molar refractivity (Wildman–Crippen MR) is 56.9 cm³/mol. The van der Waals surface area contributed by atoms with Gasteiger partial charge in [0.2, 0.25) is 0 Å². The van der Waals surface area contributed by atoms with E-state index in [1.807, 2.05) is 19.1 Å². The third-order valence-corrected chi connectivity index (χ3v) is 2.53. The number of nitrogens with zero attached hydrogens (tertiary/aromatic N) is 2. The fourth-order valence-electron chi connectivity index (χ4n) is 1.82. The van der Waals surface area contributed by atoms with Crippen LogP contribution in [-0.4, -0.2) is 25.4 Å². The Hall–Kier alpha value is -1.06. The number of hydrogen-bond acceptors (Lipinski definition) is 3. The summed E-state index contributed by atoms with van der Waals surface area (Å²) in [6.45, 7) is 3.65. The number of para-hydroxylation sites is 1. The average Bonchev–Trinajstić information content (AvgIpc) is 2.23. The lowest BCUT2D eigenvalue weighted by Gasteiger charge is -2.37. The Bertz CT molecular complexity index is 314. The molecule has 0 unspecified atom stereocenters. The van der Waals surface area contributed by atoms with E-state index >= 15 is 0 Å². The van der Waals surface area contributed by atoms with Crippen molar-refractivity contribution in [2.24, 2.45) is 0 Å². The molecular formula is C11H16N2O. The molecule has 1 aromatic carbocycles. The van der Waals surface area contributed by atoms with Gasteiger partial charge in [-0.2, -0.15) is 0 Å². The van der Waals surface area contributed by atoms with E-state index in [9.17, 15) is 0 Å². The molecule has 0 saturated heterocycles. The van der Waals surface area contributed by atoms with Crippen LogP contribution in [0.2, 0.25) is 0 Å². The second kappa shape index (κ2) is 3.98. The Labute approximate surface area is 84.8 Å². The first kappa shape index (κ1) is 9.49. The zero-order chi connectivity index (χ0) is 9.97. The molecule has 76 valence electrons. The van der Waals surface area contributed by atoms with Crippen molar-refractivity contribution in [2.45, 2.75) is 13.3 Å². The van der Waals surface area contributed by atoms with Crippen molar-refractivity contribution < 1.29 is 4.84 Å². The molecule has 0 amide bonds. The number of fused-ring (bicyclic) bond motifs is 1. The topological polar surface area (TPSA) is 15.7 Å². The monoisotopic (exact) mass is 192 g/mol. The number of hydrogen-bond donors (Lipinski definition) is 0. The minimum atomic E-state index is 0.715. The van der Waals surface area contributed by atoms with Crippen LogP contribution < -0.4 is 5.01 Å². The lowest BCUT2D eigenvalue weighted by Crippen LogP contribution is -2.44. The van der Waals surface area contributed by atoms with Crippen LogP contribution in [0.4, 0.5) is 5.69 Å². The van der Waals surface area contributed by atoms with Crippen molar-refractivity contribution in [1.29, 1.82) is 0 Å². The summed E-state index contributed by atoms with van der Waals surface area (Å²) in [6.07, 6.45) is 1.06. The van der Waals surface area contributed by atoms with E-state index in [0.29, 0.717) is 6.61 Å². The first-order valence-corrected chi connectivity index (χ1v) is 5.05. The van der Waals surface area contributed by atoms with E-state index in [1.165, 1.54) is 11.3 Å². The van der Waals surface area contributed by atoms with E-state index < -0.39 is 0 Å². The van der Waals surface area contributed by atoms with Gasteiger partial charge in [0.05, 0.1) is 12.3 Å². The van der Waals surface area contributed by atoms with Crippen molar-refractivity contribution in [1.82, 2.24) is 5.17 Å². The van der Waals surface area contributed by atoms with Crippen molar-refractivity contribution in [3.63, 3.8) is 0 Å². The summed E-state index contributed by atoms with van der Waals surface area (Å²) in [7, 11) is 2.04. The van der Waals surface area contributed by atoms with Gasteiger partial charge in [-0.3, -0.25) is 9.85 Å². The van der Waals surface area contributed by atoms with E-state index in [0.717, 1.165) is 13.0 Å². The van der Waals surface area contributed by atoms with Crippen LogP contribution in [0.5, 0.6) is 0 Å². The van der Waals surface area contributed by atoms with Gasteiger partial charge in [0.1, 0.15) is 0 Å². The van der Waals surface area contributed by atoms with E-state index in [2.05, 4.69) is 29.3 Å². The predicted octanol–water partition coefficient (Wildman–Crippen LogP) is 1.85. The van der Waals surface area contributed by atoms with Gasteiger partial charge in [0, 0.05) is 13.6 Å². The average molecular weight is 192 g/mol. The smallest absolute Gasteiger partial charge is 0.0678 e. The van der Waals surface area contributed by atoms with Crippen molar-refractivity contribution in [3.05, 3.63) is 29.8 Å². The number of hydrazine groups is 1. The highest BCUT2D eigenvalue weighted by atomic mass is 16.7. The molecule has 0 aliphatic carbocycles. The Morgan fingerprint density at radius 2 is 2.14 bits per heavy atom. The summed E-state index contributed by atoms with van der Waals surface area (Å²) < 4.78 is 0. The largest absolute Gasteiger partial charge is 0.286 e. The minimum absolute atomic E-state index is 0.715. The van der Waals surface area contributed by atoms with Crippen LogP contribution in [0.25, 0.3) is 0 Å². The van der Waals surface area contributed by atoms with Crippen LogP contribution in [0.15, 0.2) is 24.3 Å². The Morgan fingerprint density at radius 1 is 1.36 bits per heavy atom. The van der Waals surface area contributed by atoms with Crippen LogP contribution in [-0.2, 0) is 11.3 Å². The molecule has 0 radical (unpaired) electrons. The summed E-state index contributed by atoms with van der Waals surface area (Å²) in [5.41, 5.74) is 2.64. The Kier molecular flexibility index (Phi) is 2.70. The molecule has 1 aliphatic rings. The van der Waals surface area contributed by atoms with Crippen LogP contribution >= 0.6 is 0 Å². The van der Waals surface area contributed by atoms with Gasteiger partial charge in [-0.05, 0) is 25.0 Å². The van der Waals surface area contributed by atoms with E-state index in [-0.39, 0.29) is 0 Å². The van der Waals surface area contributed by atoms with Gasteiger partial charge in [-0.25, -0.2) is 0 Å². The van der Waals surface area contributed by atoms with Crippen LogP contribution in [0.3, 0.4) is 0 Å². The van der Waals surface area contributed by atoms with Crippen LogP contribution in [0.1, 0.15) is 12.5 Å². The van der Waals surface area contributed by atoms with E-state index in [4.69, 9.17) is 4.84 Å². The number of hydroxylamine groups is 1. The molecular weight excluding hydrogens is 176 g/mol. The van der Waals surface area contributed by atoms with Gasteiger partial charge >= 0.3 is 0 Å². The highest BCUT2D eigenvalue weighted by Crippen LogP contribution is 2.25. The van der Waals surface area contributed by atoms with Gasteiger partial charge in [0.25, 0.3) is 0 Å². The molecule has 0 atom stereocenters. The molecule has 14 heavy (non-hydrogen) atoms. The second-order valence-corrected chi connectivity index (χ2v) is 3.40. The molecule has 0 bridgehead atoms. The molecule has 0 fully saturated rings. The first-order chi connectivity index (χ1) is 6.83. The van der Waals surface area contributed by atoms with Gasteiger partial charge in [0.15, 0.2) is 0 Å². The summed E-state index contributed by atoms with van der Waals surface area (Å²) >= 11 is 0. The normalized spacial score (nSPS) is 16.9. The third-order valence-electron chi connectivity index (χ3n) is 2.53. The number of rotatable bonds is 2. The maximum absolute atomic E-state index is 5.51. The fourth-order valence-corrected chi connectivity index (χ4v) is 1.82. The first-order valence-electron chi connectivity index (χ1n) is 5.05. The molecule has 3 nitrogen and oxygen atoms in total. The summed E-state index contributed by atoms with van der Waals surface area (Å²) in [5, 5.41) is 3.99. The Morgan fingerprint density at radius 3 is 2.93 bits per heavy atom.